The van der Waals surface area contributed by atoms with E-state index in [-0.39, 0.29) is 24.2 Å². The molecule has 0 bridgehead atoms. The van der Waals surface area contributed by atoms with Crippen LogP contribution < -0.4 is 5.73 Å². The van der Waals surface area contributed by atoms with Crippen LogP contribution in [0.25, 0.3) is 0 Å². The van der Waals surface area contributed by atoms with Crippen molar-refractivity contribution in [3.8, 4) is 0 Å². The Morgan fingerprint density at radius 1 is 0.903 bits per heavy atom. The maximum atomic E-state index is 13.6. The van der Waals surface area contributed by atoms with E-state index in [1.807, 2.05) is 74.5 Å². The molecule has 2 aromatic rings. The van der Waals surface area contributed by atoms with E-state index in [0.29, 0.717) is 25.9 Å². The van der Waals surface area contributed by atoms with Crippen LogP contribution in [0.5, 0.6) is 0 Å². The number of primary amides is 1. The first-order valence-electron chi connectivity index (χ1n) is 10.9. The number of carbonyl (C=O) groups is 3. The van der Waals surface area contributed by atoms with E-state index in [2.05, 4.69) is 0 Å². The van der Waals surface area contributed by atoms with Gasteiger partial charge in [0.2, 0.25) is 17.7 Å². The highest BCUT2D eigenvalue weighted by atomic mass is 16.2. The summed E-state index contributed by atoms with van der Waals surface area (Å²) in [6.07, 6.45) is 1.17. The Bertz CT molecular complexity index is 899. The summed E-state index contributed by atoms with van der Waals surface area (Å²) in [5, 5.41) is 0. The monoisotopic (exact) mass is 421 g/mol. The molecule has 0 radical (unpaired) electrons. The molecule has 1 saturated heterocycles. The molecule has 0 saturated carbocycles. The van der Waals surface area contributed by atoms with Crippen molar-refractivity contribution in [2.24, 2.45) is 11.7 Å². The standard InChI is InChI=1S/C25H31N3O3/c1-18(2)23-25(31)27(15-13-19-9-5-3-6-10-19)21(24(26)30)17-22(29)28(23)16-14-20-11-7-4-8-12-20/h3-12,18,21,23H,13-17H2,1-2H3,(H2,26,30). The van der Waals surface area contributed by atoms with E-state index in [9.17, 15) is 14.4 Å². The molecule has 2 N–H and O–H groups in total. The van der Waals surface area contributed by atoms with Crippen LogP contribution in [0.2, 0.25) is 0 Å². The van der Waals surface area contributed by atoms with Crippen LogP contribution in [0.15, 0.2) is 60.7 Å². The molecular weight excluding hydrogens is 390 g/mol. The summed E-state index contributed by atoms with van der Waals surface area (Å²) in [6, 6.07) is 18.1. The second kappa shape index (κ2) is 10.2. The van der Waals surface area contributed by atoms with Crippen LogP contribution in [0.1, 0.15) is 31.4 Å². The minimum absolute atomic E-state index is 0.0755. The first-order chi connectivity index (χ1) is 14.9. The average Bonchev–Trinajstić information content (AvgIpc) is 2.86. The first-order valence-corrected chi connectivity index (χ1v) is 10.9. The lowest BCUT2D eigenvalue weighted by Crippen LogP contribution is -2.54. The van der Waals surface area contributed by atoms with E-state index >= 15 is 0 Å². The zero-order valence-corrected chi connectivity index (χ0v) is 18.2. The molecule has 3 amide bonds. The van der Waals surface area contributed by atoms with Gasteiger partial charge in [-0.15, -0.1) is 0 Å². The second-order valence-electron chi connectivity index (χ2n) is 8.40. The largest absolute Gasteiger partial charge is 0.368 e. The lowest BCUT2D eigenvalue weighted by Gasteiger charge is -2.34. The van der Waals surface area contributed by atoms with Gasteiger partial charge in [-0.1, -0.05) is 74.5 Å². The van der Waals surface area contributed by atoms with Gasteiger partial charge >= 0.3 is 0 Å². The molecule has 1 fully saturated rings. The fourth-order valence-corrected chi connectivity index (χ4v) is 4.22. The molecule has 3 rings (SSSR count). The SMILES string of the molecule is CC(C)C1C(=O)N(CCc2ccccc2)C(C(N)=O)CC(=O)N1CCc1ccccc1. The van der Waals surface area contributed by atoms with Crippen LogP contribution in [-0.2, 0) is 27.2 Å². The highest BCUT2D eigenvalue weighted by Crippen LogP contribution is 2.24. The molecule has 0 aromatic heterocycles. The second-order valence-corrected chi connectivity index (χ2v) is 8.40. The third kappa shape index (κ3) is 5.51. The van der Waals surface area contributed by atoms with Gasteiger partial charge in [0.25, 0.3) is 0 Å². The zero-order valence-electron chi connectivity index (χ0n) is 18.2. The van der Waals surface area contributed by atoms with E-state index < -0.39 is 18.0 Å². The summed E-state index contributed by atoms with van der Waals surface area (Å²) in [7, 11) is 0. The van der Waals surface area contributed by atoms with Gasteiger partial charge in [-0.3, -0.25) is 14.4 Å². The Kier molecular flexibility index (Phi) is 7.45. The van der Waals surface area contributed by atoms with Crippen LogP contribution in [-0.4, -0.2) is 52.7 Å². The molecule has 6 nitrogen and oxygen atoms in total. The molecule has 2 aromatic carbocycles. The molecular formula is C25H31N3O3. The number of benzene rings is 2. The molecule has 2 unspecified atom stereocenters. The Morgan fingerprint density at radius 3 is 1.84 bits per heavy atom. The highest BCUT2D eigenvalue weighted by molar-refractivity contribution is 5.97. The molecule has 0 spiro atoms. The minimum Gasteiger partial charge on any atom is -0.368 e. The van der Waals surface area contributed by atoms with Crippen molar-refractivity contribution in [3.63, 3.8) is 0 Å². The van der Waals surface area contributed by atoms with E-state index in [1.165, 1.54) is 4.90 Å². The van der Waals surface area contributed by atoms with Gasteiger partial charge in [0, 0.05) is 13.1 Å². The molecule has 1 aliphatic rings. The summed E-state index contributed by atoms with van der Waals surface area (Å²) < 4.78 is 0. The molecule has 2 atom stereocenters. The summed E-state index contributed by atoms with van der Waals surface area (Å²) in [5.41, 5.74) is 7.81. The maximum absolute atomic E-state index is 13.6. The number of hydrogen-bond acceptors (Lipinski definition) is 3. The van der Waals surface area contributed by atoms with Crippen molar-refractivity contribution >= 4 is 17.7 Å². The van der Waals surface area contributed by atoms with Crippen molar-refractivity contribution in [2.45, 2.75) is 45.2 Å². The molecule has 164 valence electrons. The van der Waals surface area contributed by atoms with Crippen molar-refractivity contribution in [3.05, 3.63) is 71.8 Å². The van der Waals surface area contributed by atoms with Gasteiger partial charge in [0.15, 0.2) is 0 Å². The Morgan fingerprint density at radius 2 is 1.39 bits per heavy atom. The van der Waals surface area contributed by atoms with Gasteiger partial charge in [-0.05, 0) is 29.9 Å². The summed E-state index contributed by atoms with van der Waals surface area (Å²) in [4.78, 5) is 42.2. The lowest BCUT2D eigenvalue weighted by atomic mass is 10.00. The van der Waals surface area contributed by atoms with Crippen molar-refractivity contribution in [1.82, 2.24) is 9.80 Å². The van der Waals surface area contributed by atoms with Gasteiger partial charge in [0.1, 0.15) is 12.1 Å². The number of nitrogens with two attached hydrogens (primary N) is 1. The third-order valence-electron chi connectivity index (χ3n) is 5.86. The predicted molar refractivity (Wildman–Crippen MR) is 120 cm³/mol. The Labute approximate surface area is 184 Å². The summed E-state index contributed by atoms with van der Waals surface area (Å²) >= 11 is 0. The number of hydrogen-bond donors (Lipinski definition) is 1. The minimum atomic E-state index is -0.924. The molecule has 1 heterocycles. The topological polar surface area (TPSA) is 83.7 Å². The van der Waals surface area contributed by atoms with Gasteiger partial charge in [-0.2, -0.15) is 0 Å². The number of nitrogens with zero attached hydrogens (tertiary/aromatic N) is 2. The first kappa shape index (κ1) is 22.5. The molecule has 0 aliphatic carbocycles. The number of amides is 3. The van der Waals surface area contributed by atoms with Crippen LogP contribution >= 0.6 is 0 Å². The third-order valence-corrected chi connectivity index (χ3v) is 5.86. The summed E-state index contributed by atoms with van der Waals surface area (Å²) in [5.74, 6) is -1.12. The average molecular weight is 422 g/mol. The highest BCUT2D eigenvalue weighted by Gasteiger charge is 2.43. The van der Waals surface area contributed by atoms with Crippen LogP contribution in [0.3, 0.4) is 0 Å². The van der Waals surface area contributed by atoms with Gasteiger partial charge < -0.3 is 15.5 Å². The van der Waals surface area contributed by atoms with Gasteiger partial charge in [-0.25, -0.2) is 0 Å². The smallest absolute Gasteiger partial charge is 0.246 e. The fraction of sp³-hybridized carbons (Fsp3) is 0.400. The maximum Gasteiger partial charge on any atom is 0.246 e. The van der Waals surface area contributed by atoms with Gasteiger partial charge in [0.05, 0.1) is 6.42 Å². The van der Waals surface area contributed by atoms with Crippen LogP contribution in [0, 0.1) is 5.92 Å². The Hall–Kier alpha value is -3.15. The lowest BCUT2D eigenvalue weighted by molar-refractivity contribution is -0.144. The van der Waals surface area contributed by atoms with E-state index in [4.69, 9.17) is 5.73 Å². The Balaban J connectivity index is 1.85. The number of rotatable bonds is 8. The zero-order chi connectivity index (χ0) is 22.4. The molecule has 31 heavy (non-hydrogen) atoms. The van der Waals surface area contributed by atoms with Crippen LogP contribution in [0.4, 0.5) is 0 Å². The normalized spacial score (nSPS) is 19.6. The van der Waals surface area contributed by atoms with Crippen molar-refractivity contribution in [1.29, 1.82) is 0 Å². The van der Waals surface area contributed by atoms with E-state index in [0.717, 1.165) is 11.1 Å². The number of carbonyl (C=O) groups excluding carboxylic acids is 3. The molecule has 6 heteroatoms. The summed E-state index contributed by atoms with van der Waals surface area (Å²) in [6.45, 7) is 4.64. The quantitative estimate of drug-likeness (QED) is 0.710. The van der Waals surface area contributed by atoms with Crippen molar-refractivity contribution < 1.29 is 14.4 Å². The fourth-order valence-electron chi connectivity index (χ4n) is 4.22. The van der Waals surface area contributed by atoms with Crippen molar-refractivity contribution in [2.75, 3.05) is 13.1 Å². The molecule has 1 aliphatic heterocycles. The predicted octanol–water partition coefficient (Wildman–Crippen LogP) is 2.41. The van der Waals surface area contributed by atoms with E-state index in [1.54, 1.807) is 4.90 Å².